The van der Waals surface area contributed by atoms with E-state index < -0.39 is 18.7 Å². The number of anilines is 1. The normalized spacial score (nSPS) is 11.1. The molecule has 0 fully saturated rings. The zero-order valence-corrected chi connectivity index (χ0v) is 12.3. The van der Waals surface area contributed by atoms with Crippen LogP contribution in [0.15, 0.2) is 42.5 Å². The summed E-state index contributed by atoms with van der Waals surface area (Å²) in [7, 11) is 0. The lowest BCUT2D eigenvalue weighted by Gasteiger charge is -2.10. The maximum absolute atomic E-state index is 12.0. The second-order valence-electron chi connectivity index (χ2n) is 4.54. The fourth-order valence-corrected chi connectivity index (χ4v) is 1.84. The standard InChI is InChI=1S/C15H11ClF3NO3/c16-10-3-6-13(21)12(7-10)20-14(22)9-1-4-11(5-2-9)23-8-15(17,18)19/h1-7,21H,8H2,(H,20,22). The Morgan fingerprint density at radius 3 is 2.43 bits per heavy atom. The van der Waals surface area contributed by atoms with Crippen LogP contribution in [0.3, 0.4) is 0 Å². The van der Waals surface area contributed by atoms with Crippen LogP contribution in [0.25, 0.3) is 0 Å². The molecule has 0 atom stereocenters. The maximum Gasteiger partial charge on any atom is 0.422 e. The fraction of sp³-hybridized carbons (Fsp3) is 0.133. The third-order valence-electron chi connectivity index (χ3n) is 2.73. The number of phenols is 1. The number of alkyl halides is 3. The molecule has 2 aromatic carbocycles. The minimum Gasteiger partial charge on any atom is -0.506 e. The van der Waals surface area contributed by atoms with Gasteiger partial charge in [-0.15, -0.1) is 0 Å². The topological polar surface area (TPSA) is 58.6 Å². The van der Waals surface area contributed by atoms with Crippen LogP contribution >= 0.6 is 11.6 Å². The number of rotatable bonds is 4. The van der Waals surface area contributed by atoms with Crippen molar-refractivity contribution in [2.24, 2.45) is 0 Å². The number of ether oxygens (including phenoxy) is 1. The molecule has 2 aromatic rings. The van der Waals surface area contributed by atoms with Gasteiger partial charge in [-0.25, -0.2) is 0 Å². The Morgan fingerprint density at radius 1 is 1.17 bits per heavy atom. The molecule has 0 bridgehead atoms. The molecule has 0 aliphatic carbocycles. The van der Waals surface area contributed by atoms with E-state index in [4.69, 9.17) is 11.6 Å². The second-order valence-corrected chi connectivity index (χ2v) is 4.98. The summed E-state index contributed by atoms with van der Waals surface area (Å²) in [4.78, 5) is 12.0. The number of phenolic OH excluding ortho intramolecular Hbond substituents is 1. The Hall–Kier alpha value is -2.41. The summed E-state index contributed by atoms with van der Waals surface area (Å²) in [6, 6.07) is 9.27. The van der Waals surface area contributed by atoms with Gasteiger partial charge in [-0.2, -0.15) is 13.2 Å². The van der Waals surface area contributed by atoms with Gasteiger partial charge in [-0.3, -0.25) is 4.79 Å². The van der Waals surface area contributed by atoms with Crippen LogP contribution in [-0.2, 0) is 0 Å². The number of carbonyl (C=O) groups excluding carboxylic acids is 1. The van der Waals surface area contributed by atoms with Crippen molar-refractivity contribution in [3.8, 4) is 11.5 Å². The summed E-state index contributed by atoms with van der Waals surface area (Å²) in [5, 5.41) is 12.4. The average molecular weight is 346 g/mol. The zero-order chi connectivity index (χ0) is 17.0. The highest BCUT2D eigenvalue weighted by Crippen LogP contribution is 2.27. The molecule has 0 aliphatic heterocycles. The van der Waals surface area contributed by atoms with Crippen LogP contribution in [0.4, 0.5) is 18.9 Å². The molecular weight excluding hydrogens is 335 g/mol. The lowest BCUT2D eigenvalue weighted by Crippen LogP contribution is -2.19. The number of carbonyl (C=O) groups is 1. The van der Waals surface area contributed by atoms with E-state index >= 15 is 0 Å². The van der Waals surface area contributed by atoms with Gasteiger partial charge in [0.2, 0.25) is 0 Å². The first kappa shape index (κ1) is 17.0. The molecule has 2 N–H and O–H groups in total. The van der Waals surface area contributed by atoms with Gasteiger partial charge in [0.25, 0.3) is 5.91 Å². The third-order valence-corrected chi connectivity index (χ3v) is 2.96. The molecular formula is C15H11ClF3NO3. The predicted octanol–water partition coefficient (Wildman–Crippen LogP) is 4.24. The Kier molecular flexibility index (Phi) is 5.00. The van der Waals surface area contributed by atoms with E-state index in [1.807, 2.05) is 0 Å². The molecule has 0 radical (unpaired) electrons. The van der Waals surface area contributed by atoms with Crippen LogP contribution in [0.1, 0.15) is 10.4 Å². The minimum absolute atomic E-state index is 0.00974. The molecule has 0 saturated carbocycles. The molecule has 0 saturated heterocycles. The Labute approximate surface area is 134 Å². The molecule has 0 aliphatic rings. The maximum atomic E-state index is 12.0. The van der Waals surface area contributed by atoms with Gasteiger partial charge < -0.3 is 15.2 Å². The van der Waals surface area contributed by atoms with Gasteiger partial charge in [-0.05, 0) is 42.5 Å². The van der Waals surface area contributed by atoms with Crippen molar-refractivity contribution in [1.29, 1.82) is 0 Å². The van der Waals surface area contributed by atoms with E-state index in [2.05, 4.69) is 10.1 Å². The summed E-state index contributed by atoms with van der Waals surface area (Å²) >= 11 is 5.77. The van der Waals surface area contributed by atoms with Gasteiger partial charge in [0, 0.05) is 10.6 Å². The smallest absolute Gasteiger partial charge is 0.422 e. The van der Waals surface area contributed by atoms with Crippen molar-refractivity contribution in [1.82, 2.24) is 0 Å². The number of halogens is 4. The van der Waals surface area contributed by atoms with Gasteiger partial charge in [0.05, 0.1) is 5.69 Å². The number of benzene rings is 2. The van der Waals surface area contributed by atoms with Crippen LogP contribution in [0.2, 0.25) is 5.02 Å². The van der Waals surface area contributed by atoms with Crippen molar-refractivity contribution in [2.75, 3.05) is 11.9 Å². The van der Waals surface area contributed by atoms with Crippen molar-refractivity contribution in [3.63, 3.8) is 0 Å². The number of hydrogen-bond acceptors (Lipinski definition) is 3. The van der Waals surface area contributed by atoms with Crippen LogP contribution in [0.5, 0.6) is 11.5 Å². The first-order valence-electron chi connectivity index (χ1n) is 6.34. The van der Waals surface area contributed by atoms with Gasteiger partial charge >= 0.3 is 6.18 Å². The molecule has 1 amide bonds. The summed E-state index contributed by atoms with van der Waals surface area (Å²) in [5.41, 5.74) is 0.309. The fourth-order valence-electron chi connectivity index (χ4n) is 1.67. The highest BCUT2D eigenvalue weighted by Gasteiger charge is 2.28. The van der Waals surface area contributed by atoms with Gasteiger partial charge in [-0.1, -0.05) is 11.6 Å². The van der Waals surface area contributed by atoms with E-state index in [0.717, 1.165) is 0 Å². The van der Waals surface area contributed by atoms with E-state index in [-0.39, 0.29) is 22.7 Å². The van der Waals surface area contributed by atoms with Gasteiger partial charge in [0.1, 0.15) is 11.5 Å². The van der Waals surface area contributed by atoms with Crippen molar-refractivity contribution in [2.45, 2.75) is 6.18 Å². The molecule has 4 nitrogen and oxygen atoms in total. The zero-order valence-electron chi connectivity index (χ0n) is 11.5. The lowest BCUT2D eigenvalue weighted by atomic mass is 10.2. The quantitative estimate of drug-likeness (QED) is 0.815. The molecule has 23 heavy (non-hydrogen) atoms. The van der Waals surface area contributed by atoms with Gasteiger partial charge in [0.15, 0.2) is 6.61 Å². The van der Waals surface area contributed by atoms with Crippen molar-refractivity contribution in [3.05, 3.63) is 53.1 Å². The summed E-state index contributed by atoms with van der Waals surface area (Å²) in [6.07, 6.45) is -4.43. The summed E-state index contributed by atoms with van der Waals surface area (Å²) < 4.78 is 40.7. The number of hydrogen-bond donors (Lipinski definition) is 2. The predicted molar refractivity (Wildman–Crippen MR) is 79.1 cm³/mol. The highest BCUT2D eigenvalue weighted by atomic mass is 35.5. The number of amides is 1. The minimum atomic E-state index is -4.43. The first-order chi connectivity index (χ1) is 10.7. The monoisotopic (exact) mass is 345 g/mol. The molecule has 0 aromatic heterocycles. The molecule has 122 valence electrons. The number of aromatic hydroxyl groups is 1. The van der Waals surface area contributed by atoms with Crippen molar-refractivity contribution >= 4 is 23.2 Å². The molecule has 2 rings (SSSR count). The Morgan fingerprint density at radius 2 is 1.83 bits per heavy atom. The van der Waals surface area contributed by atoms with E-state index in [1.54, 1.807) is 0 Å². The SMILES string of the molecule is O=C(Nc1cc(Cl)ccc1O)c1ccc(OCC(F)(F)F)cc1. The second kappa shape index (κ2) is 6.78. The van der Waals surface area contributed by atoms with E-state index in [9.17, 15) is 23.1 Å². The lowest BCUT2D eigenvalue weighted by molar-refractivity contribution is -0.153. The molecule has 0 spiro atoms. The first-order valence-corrected chi connectivity index (χ1v) is 6.72. The van der Waals surface area contributed by atoms with Crippen LogP contribution in [-0.4, -0.2) is 23.8 Å². The highest BCUT2D eigenvalue weighted by molar-refractivity contribution is 6.31. The average Bonchev–Trinajstić information content (AvgIpc) is 2.48. The molecule has 0 unspecified atom stereocenters. The van der Waals surface area contributed by atoms with Crippen molar-refractivity contribution < 1.29 is 27.8 Å². The Balaban J connectivity index is 2.04. The molecule has 8 heteroatoms. The van der Waals surface area contributed by atoms with Crippen LogP contribution < -0.4 is 10.1 Å². The summed E-state index contributed by atoms with van der Waals surface area (Å²) in [5.74, 6) is -0.720. The third kappa shape index (κ3) is 5.07. The Bertz CT molecular complexity index is 702. The largest absolute Gasteiger partial charge is 0.506 e. The number of nitrogens with one attached hydrogen (secondary N) is 1. The van der Waals surface area contributed by atoms with Crippen LogP contribution in [0, 0.1) is 0 Å². The summed E-state index contributed by atoms with van der Waals surface area (Å²) in [6.45, 7) is -1.41. The molecule has 0 heterocycles. The van der Waals surface area contributed by atoms with E-state index in [0.29, 0.717) is 5.02 Å². The van der Waals surface area contributed by atoms with E-state index in [1.165, 1.54) is 42.5 Å².